The number of aliphatic hydroxyl groups is 2. The Balaban J connectivity index is 1.26. The summed E-state index contributed by atoms with van der Waals surface area (Å²) in [6.45, 7) is 2.44. The van der Waals surface area contributed by atoms with Gasteiger partial charge in [-0.2, -0.15) is 4.31 Å². The Morgan fingerprint density at radius 3 is 2.14 bits per heavy atom. The Labute approximate surface area is 434 Å². The molecule has 1 aliphatic rings. The van der Waals surface area contributed by atoms with E-state index in [2.05, 4.69) is 90.0 Å². The van der Waals surface area contributed by atoms with Crippen LogP contribution in [0.4, 0.5) is 5.82 Å². The van der Waals surface area contributed by atoms with Crippen molar-refractivity contribution >= 4 is 74.9 Å². The van der Waals surface area contributed by atoms with Crippen LogP contribution in [0.15, 0.2) is 61.3 Å². The summed E-state index contributed by atoms with van der Waals surface area (Å²) in [5.41, 5.74) is 4.24. The smallest absolute Gasteiger partial charge is 0.386 e. The van der Waals surface area contributed by atoms with Gasteiger partial charge in [0.1, 0.15) is 42.0 Å². The number of nitrogens with two attached hydrogens (primary N) is 1. The van der Waals surface area contributed by atoms with E-state index in [0.29, 0.717) is 6.42 Å². The minimum Gasteiger partial charge on any atom is -0.386 e. The van der Waals surface area contributed by atoms with Gasteiger partial charge in [0.2, 0.25) is 11.8 Å². The number of phosphoric acid groups is 3. The van der Waals surface area contributed by atoms with E-state index in [9.17, 15) is 62.7 Å². The van der Waals surface area contributed by atoms with Crippen molar-refractivity contribution in [1.82, 2.24) is 30.2 Å². The number of nitrogen functional groups attached to an aromatic ring is 1. The molecule has 74 heavy (non-hydrogen) atoms. The van der Waals surface area contributed by atoms with Crippen LogP contribution in [0.5, 0.6) is 0 Å². The highest BCUT2D eigenvalue weighted by Gasteiger charge is 2.50. The number of ether oxygens (including phenoxy) is 1. The number of hydrogen-bond acceptors (Lipinski definition) is 19. The van der Waals surface area contributed by atoms with Gasteiger partial charge in [-0.05, 0) is 44.9 Å². The van der Waals surface area contributed by atoms with E-state index in [0.717, 1.165) is 99.6 Å². The third-order valence-corrected chi connectivity index (χ3v) is 14.9. The first-order valence-corrected chi connectivity index (χ1v) is 29.6. The zero-order valence-corrected chi connectivity index (χ0v) is 45.3. The number of thioether (sulfide) groups is 1. The normalized spacial score (nSPS) is 19.7. The molecule has 3 rings (SSSR count). The zero-order chi connectivity index (χ0) is 54.8. The van der Waals surface area contributed by atoms with Crippen molar-refractivity contribution in [1.29, 1.82) is 0 Å². The van der Waals surface area contributed by atoms with Crippen molar-refractivity contribution in [3.63, 3.8) is 0 Å². The number of aliphatic hydroxyl groups excluding tert-OH is 2. The lowest BCUT2D eigenvalue weighted by Gasteiger charge is -2.30. The number of ketones is 1. The van der Waals surface area contributed by atoms with Gasteiger partial charge in [0.25, 0.3) is 0 Å². The third kappa shape index (κ3) is 24.9. The molecule has 1 aliphatic heterocycles. The predicted molar refractivity (Wildman–Crippen MR) is 274 cm³/mol. The van der Waals surface area contributed by atoms with Crippen molar-refractivity contribution in [3.05, 3.63) is 61.3 Å². The van der Waals surface area contributed by atoms with Crippen molar-refractivity contribution in [2.45, 2.75) is 141 Å². The van der Waals surface area contributed by atoms with Crippen LogP contribution in [0.3, 0.4) is 0 Å². The van der Waals surface area contributed by atoms with E-state index in [1.54, 1.807) is 0 Å². The number of anilines is 1. The number of allylic oxidation sites excluding steroid dienone is 8. The van der Waals surface area contributed by atoms with Crippen LogP contribution < -0.4 is 16.4 Å². The standard InChI is InChI=1S/C45H72N7O18P3S/c1-4-5-6-7-8-9-10-11-12-13-14-15-16-17-18-19-20-21-22-23-33(53)28-36(55)74-27-26-47-35(54)24-25-48-43(58)40(57)45(2,3)30-67-73(64,65)70-72(62,63)66-29-34-39(69-71(59,60)61)38(56)44(68-34)52-32-51-37-41(46)49-31-50-42(37)52/h5-6,8-9,11-12,14-15,31-32,34,38-40,44,56-57H,4,7,10,13,16-30H2,1-3H3,(H,47,54)(H,48,58)(H,62,63)(H,64,65)(H2,46,49,50)(H2,59,60,61)/b6-5-,9-8-,12-11-,15-14-/t34-,38+,39+,40-,44-/m0/s1. The van der Waals surface area contributed by atoms with E-state index >= 15 is 0 Å². The number of amides is 2. The molecule has 2 aromatic rings. The summed E-state index contributed by atoms with van der Waals surface area (Å²) in [5, 5.41) is 26.2. The summed E-state index contributed by atoms with van der Waals surface area (Å²) in [4.78, 5) is 101. The summed E-state index contributed by atoms with van der Waals surface area (Å²) in [5.74, 6) is -1.43. The topological polar surface area (TPSA) is 381 Å². The van der Waals surface area contributed by atoms with E-state index in [1.807, 2.05) is 0 Å². The first-order valence-electron chi connectivity index (χ1n) is 24.1. The van der Waals surface area contributed by atoms with Crippen molar-refractivity contribution < 1.29 is 85.3 Å². The van der Waals surface area contributed by atoms with Gasteiger partial charge in [-0.15, -0.1) is 0 Å². The molecule has 0 aliphatic carbocycles. The van der Waals surface area contributed by atoms with Gasteiger partial charge in [-0.1, -0.05) is 107 Å². The maximum absolute atomic E-state index is 12.8. The molecule has 0 bridgehead atoms. The SMILES string of the molecule is CC/C=C\C/C=C\C/C=C\C/C=C\CCCCCCCCC(=O)CC(=O)SCCNC(=O)CCNC(=O)[C@H](O)C(C)(C)COP(=O)(O)OP(=O)(O)OC[C@@H]1O[C@H](n2cnc3c(N)ncnc32)[C@H](O)[C@@H]1OP(=O)(O)O. The number of fused-ring (bicyclic) bond motifs is 1. The van der Waals surface area contributed by atoms with Crippen LogP contribution in [0.25, 0.3) is 11.2 Å². The van der Waals surface area contributed by atoms with Crippen LogP contribution in [0.2, 0.25) is 0 Å². The summed E-state index contributed by atoms with van der Waals surface area (Å²) < 4.78 is 62.5. The molecule has 0 saturated carbocycles. The highest BCUT2D eigenvalue weighted by atomic mass is 32.2. The maximum Gasteiger partial charge on any atom is 0.481 e. The monoisotopic (exact) mass is 1120 g/mol. The van der Waals surface area contributed by atoms with Crippen molar-refractivity contribution in [2.24, 2.45) is 5.41 Å². The fourth-order valence-electron chi connectivity index (χ4n) is 6.98. The van der Waals surface area contributed by atoms with Crippen LogP contribution in [0.1, 0.15) is 117 Å². The highest BCUT2D eigenvalue weighted by molar-refractivity contribution is 8.13. The molecule has 0 aromatic carbocycles. The lowest BCUT2D eigenvalue weighted by molar-refractivity contribution is -0.137. The average molecular weight is 1120 g/mol. The summed E-state index contributed by atoms with van der Waals surface area (Å²) >= 11 is 0.930. The molecule has 0 radical (unpaired) electrons. The van der Waals surface area contributed by atoms with E-state index in [4.69, 9.17) is 19.5 Å². The Kier molecular flexibility index (Phi) is 28.5. The largest absolute Gasteiger partial charge is 0.481 e. The molecule has 0 spiro atoms. The number of carbonyl (C=O) groups is 4. The first kappa shape index (κ1) is 64.5. The molecular formula is C45H72N7O18P3S. The molecule has 2 amide bonds. The number of unbranched alkanes of at least 4 members (excludes halogenated alkanes) is 6. The second kappa shape index (κ2) is 32.7. The van der Waals surface area contributed by atoms with Gasteiger partial charge in [0.15, 0.2) is 22.8 Å². The number of hydrogen-bond donors (Lipinski definition) is 9. The molecule has 2 aromatic heterocycles. The lowest BCUT2D eigenvalue weighted by atomic mass is 9.87. The summed E-state index contributed by atoms with van der Waals surface area (Å²) in [6, 6.07) is 0. The van der Waals surface area contributed by atoms with Gasteiger partial charge in [0.05, 0.1) is 26.0 Å². The number of nitrogens with one attached hydrogen (secondary N) is 2. The number of rotatable bonds is 37. The number of phosphoric ester groups is 3. The van der Waals surface area contributed by atoms with Crippen molar-refractivity contribution in [3.8, 4) is 0 Å². The average Bonchev–Trinajstić information content (AvgIpc) is 3.89. The quantitative estimate of drug-likeness (QED) is 0.0173. The predicted octanol–water partition coefficient (Wildman–Crippen LogP) is 5.55. The number of nitrogens with zero attached hydrogens (tertiary/aromatic N) is 4. The molecule has 25 nitrogen and oxygen atoms in total. The van der Waals surface area contributed by atoms with Gasteiger partial charge in [-0.25, -0.2) is 28.6 Å². The fraction of sp³-hybridized carbons (Fsp3) is 0.622. The number of imidazole rings is 1. The second-order valence-electron chi connectivity index (χ2n) is 17.7. The number of Topliss-reactive ketones (excluding diaryl/α,β-unsaturated/α-hetero) is 1. The van der Waals surface area contributed by atoms with Gasteiger partial charge in [-0.3, -0.25) is 37.3 Å². The number of carbonyl (C=O) groups excluding carboxylic acids is 4. The maximum atomic E-state index is 12.8. The zero-order valence-electron chi connectivity index (χ0n) is 41.8. The molecule has 1 fully saturated rings. The van der Waals surface area contributed by atoms with Crippen LogP contribution in [0, 0.1) is 5.41 Å². The van der Waals surface area contributed by atoms with Gasteiger partial charge >= 0.3 is 23.5 Å². The van der Waals surface area contributed by atoms with E-state index in [-0.39, 0.29) is 59.6 Å². The van der Waals surface area contributed by atoms with Crippen LogP contribution in [-0.4, -0.2) is 128 Å². The minimum absolute atomic E-state index is 0.0245. The van der Waals surface area contributed by atoms with E-state index < -0.39 is 84.6 Å². The summed E-state index contributed by atoms with van der Waals surface area (Å²) in [7, 11) is -16.5. The van der Waals surface area contributed by atoms with Gasteiger partial charge < -0.3 is 50.9 Å². The highest BCUT2D eigenvalue weighted by Crippen LogP contribution is 2.61. The first-order chi connectivity index (χ1) is 34.9. The lowest BCUT2D eigenvalue weighted by Crippen LogP contribution is -2.46. The van der Waals surface area contributed by atoms with Crippen LogP contribution >= 0.6 is 35.2 Å². The van der Waals surface area contributed by atoms with Crippen LogP contribution in [-0.2, 0) is 55.5 Å². The Morgan fingerprint density at radius 2 is 1.47 bits per heavy atom. The Bertz CT molecular complexity index is 2380. The molecule has 10 N–H and O–H groups in total. The Hall–Kier alpha value is -3.81. The van der Waals surface area contributed by atoms with Gasteiger partial charge in [0, 0.05) is 37.1 Å². The number of aromatic nitrogens is 4. The van der Waals surface area contributed by atoms with E-state index in [1.165, 1.54) is 13.8 Å². The fourth-order valence-corrected chi connectivity index (χ4v) is 10.5. The third-order valence-electron chi connectivity index (χ3n) is 10.9. The van der Waals surface area contributed by atoms with Crippen molar-refractivity contribution in [2.75, 3.05) is 37.8 Å². The molecule has 7 atom stereocenters. The molecule has 2 unspecified atom stereocenters. The molecule has 29 heteroatoms. The minimum atomic E-state index is -5.60. The molecule has 3 heterocycles. The second-order valence-corrected chi connectivity index (χ2v) is 23.1. The molecule has 1 saturated heterocycles. The molecular weight excluding hydrogens is 1050 g/mol. The molecule has 416 valence electrons. The Morgan fingerprint density at radius 1 is 0.851 bits per heavy atom. The summed E-state index contributed by atoms with van der Waals surface area (Å²) in [6.07, 6.45) is 21.6.